The molecule has 9 rings (SSSR count). The van der Waals surface area contributed by atoms with Gasteiger partial charge in [-0.1, -0.05) is 104 Å². The zero-order valence-corrected chi connectivity index (χ0v) is 23.4. The van der Waals surface area contributed by atoms with E-state index >= 15 is 4.57 Å². The van der Waals surface area contributed by atoms with Gasteiger partial charge in [-0.2, -0.15) is 0 Å². The lowest BCUT2D eigenvalue weighted by atomic mass is 9.94. The topological polar surface area (TPSA) is 34.9 Å². The summed E-state index contributed by atoms with van der Waals surface area (Å²) in [6, 6.07) is 42.4. The molecule has 3 nitrogen and oxygen atoms in total. The van der Waals surface area contributed by atoms with Crippen LogP contribution in [0, 0.1) is 0 Å². The van der Waals surface area contributed by atoms with Crippen molar-refractivity contribution in [2.45, 2.75) is 13.3 Å². The monoisotopic (exact) mass is 544 g/mol. The lowest BCUT2D eigenvalue weighted by Crippen LogP contribution is -2.33. The van der Waals surface area contributed by atoms with Gasteiger partial charge in [-0.15, -0.1) is 0 Å². The Balaban J connectivity index is 1.35. The van der Waals surface area contributed by atoms with Gasteiger partial charge in [0.15, 0.2) is 7.14 Å². The molecule has 0 amide bonds. The molecule has 41 heavy (non-hydrogen) atoms. The summed E-state index contributed by atoms with van der Waals surface area (Å²) in [5, 5.41) is 5.15. The Morgan fingerprint density at radius 2 is 1.37 bits per heavy atom. The summed E-state index contributed by atoms with van der Waals surface area (Å²) in [4.78, 5) is 5.01. The summed E-state index contributed by atoms with van der Waals surface area (Å²) in [6.45, 7) is 2.14. The first-order valence-corrected chi connectivity index (χ1v) is 15.9. The second kappa shape index (κ2) is 8.16. The van der Waals surface area contributed by atoms with Gasteiger partial charge in [0.2, 0.25) is 0 Å². The maximum atomic E-state index is 15.4. The average molecular weight is 545 g/mol. The lowest BCUT2D eigenvalue weighted by molar-refractivity contribution is 0.592. The van der Waals surface area contributed by atoms with Gasteiger partial charge in [-0.25, -0.2) is 4.98 Å². The molecule has 2 heterocycles. The summed E-state index contributed by atoms with van der Waals surface area (Å²) < 4.78 is 17.7. The molecular weight excluding hydrogens is 519 g/mol. The molecule has 7 aromatic rings. The van der Waals surface area contributed by atoms with Gasteiger partial charge in [0, 0.05) is 22.3 Å². The van der Waals surface area contributed by atoms with Crippen LogP contribution in [-0.2, 0) is 11.0 Å². The highest BCUT2D eigenvalue weighted by Gasteiger charge is 2.39. The van der Waals surface area contributed by atoms with E-state index in [9.17, 15) is 0 Å². The summed E-state index contributed by atoms with van der Waals surface area (Å²) in [7, 11) is -3.13. The number of rotatable bonds is 3. The number of hydrogen-bond acceptors (Lipinski definition) is 2. The maximum Gasteiger partial charge on any atom is 0.175 e. The molecule has 194 valence electrons. The number of aromatic nitrogens is 2. The quantitative estimate of drug-likeness (QED) is 0.211. The van der Waals surface area contributed by atoms with Crippen molar-refractivity contribution in [1.29, 1.82) is 0 Å². The molecule has 0 spiro atoms. The van der Waals surface area contributed by atoms with E-state index in [-0.39, 0.29) is 0 Å². The van der Waals surface area contributed by atoms with Gasteiger partial charge in [-0.3, -0.25) is 4.57 Å². The fraction of sp³-hybridized carbons (Fsp3) is 0.0541. The van der Waals surface area contributed by atoms with Crippen LogP contribution in [-0.4, -0.2) is 9.55 Å². The summed E-state index contributed by atoms with van der Waals surface area (Å²) in [5.41, 5.74) is 10.3. The van der Waals surface area contributed by atoms with Crippen molar-refractivity contribution < 1.29 is 4.57 Å². The van der Waals surface area contributed by atoms with E-state index in [2.05, 4.69) is 84.3 Å². The average Bonchev–Trinajstić information content (AvgIpc) is 3.58. The Morgan fingerprint density at radius 1 is 0.659 bits per heavy atom. The summed E-state index contributed by atoms with van der Waals surface area (Å²) in [5.74, 6) is 0.987. The molecule has 1 aromatic heterocycles. The molecule has 0 saturated heterocycles. The molecule has 1 unspecified atom stereocenters. The Kier molecular flexibility index (Phi) is 4.58. The fourth-order valence-electron chi connectivity index (χ4n) is 7.15. The third kappa shape index (κ3) is 2.89. The highest BCUT2D eigenvalue weighted by atomic mass is 31.2. The number of para-hydroxylation sites is 1. The molecule has 0 fully saturated rings. The van der Waals surface area contributed by atoms with Crippen molar-refractivity contribution in [3.63, 3.8) is 0 Å². The largest absolute Gasteiger partial charge is 0.308 e. The minimum Gasteiger partial charge on any atom is -0.308 e. The summed E-state index contributed by atoms with van der Waals surface area (Å²) >= 11 is 0. The zero-order valence-electron chi connectivity index (χ0n) is 22.5. The van der Waals surface area contributed by atoms with Crippen LogP contribution >= 0.6 is 7.14 Å². The molecule has 0 radical (unpaired) electrons. The van der Waals surface area contributed by atoms with Crippen molar-refractivity contribution >= 4 is 44.9 Å². The second-order valence-electron chi connectivity index (χ2n) is 10.9. The highest BCUT2D eigenvalue weighted by Crippen LogP contribution is 2.52. The maximum absolute atomic E-state index is 15.4. The van der Waals surface area contributed by atoms with Crippen molar-refractivity contribution in [1.82, 2.24) is 9.55 Å². The second-order valence-corrected chi connectivity index (χ2v) is 13.6. The van der Waals surface area contributed by atoms with E-state index in [4.69, 9.17) is 4.98 Å². The fourth-order valence-corrected chi connectivity index (χ4v) is 10.1. The van der Waals surface area contributed by atoms with Gasteiger partial charge < -0.3 is 4.57 Å². The zero-order chi connectivity index (χ0) is 27.3. The molecule has 1 atom stereocenters. The van der Waals surface area contributed by atoms with Crippen LogP contribution in [0.15, 0.2) is 121 Å². The Bertz CT molecular complexity index is 2250. The molecular formula is C37H25N2OP. The summed E-state index contributed by atoms with van der Waals surface area (Å²) in [6.07, 6.45) is 0.784. The van der Waals surface area contributed by atoms with E-state index in [0.29, 0.717) is 0 Å². The molecule has 0 bridgehead atoms. The SMILES string of the molecule is CCc1nc2cccc3c2n1-c1cc(-c2ccc4c5c(cccc25)-c2ccccc2-4)ccc1P3(=O)c1ccccc1. The normalized spacial score (nSPS) is 16.2. The number of fused-ring (bicyclic) bond motifs is 5. The van der Waals surface area contributed by atoms with E-state index in [1.54, 1.807) is 0 Å². The van der Waals surface area contributed by atoms with Crippen LogP contribution in [0.25, 0.3) is 60.9 Å². The van der Waals surface area contributed by atoms with Gasteiger partial charge in [0.25, 0.3) is 0 Å². The third-order valence-electron chi connectivity index (χ3n) is 8.91. The van der Waals surface area contributed by atoms with Crippen LogP contribution in [0.5, 0.6) is 0 Å². The molecule has 0 saturated carbocycles. The first-order valence-electron chi connectivity index (χ1n) is 14.2. The van der Waals surface area contributed by atoms with Gasteiger partial charge in [-0.05, 0) is 68.4 Å². The molecule has 0 N–H and O–H groups in total. The number of benzene rings is 6. The Morgan fingerprint density at radius 3 is 2.17 bits per heavy atom. The van der Waals surface area contributed by atoms with Crippen LogP contribution in [0.2, 0.25) is 0 Å². The first kappa shape index (κ1) is 23.0. The van der Waals surface area contributed by atoms with Crippen molar-refractivity contribution in [2.75, 3.05) is 0 Å². The predicted octanol–water partition coefficient (Wildman–Crippen LogP) is 8.01. The van der Waals surface area contributed by atoms with E-state index < -0.39 is 7.14 Å². The molecule has 6 aromatic carbocycles. The van der Waals surface area contributed by atoms with E-state index in [0.717, 1.165) is 50.4 Å². The highest BCUT2D eigenvalue weighted by molar-refractivity contribution is 7.86. The minimum absolute atomic E-state index is 0.784. The van der Waals surface area contributed by atoms with E-state index in [1.165, 1.54) is 38.6 Å². The lowest BCUT2D eigenvalue weighted by Gasteiger charge is -2.29. The number of aryl methyl sites for hydroxylation is 1. The number of imidazole rings is 1. The molecule has 4 heteroatoms. The van der Waals surface area contributed by atoms with Crippen LogP contribution in [0.3, 0.4) is 0 Å². The van der Waals surface area contributed by atoms with E-state index in [1.807, 2.05) is 48.5 Å². The van der Waals surface area contributed by atoms with Crippen LogP contribution in [0.4, 0.5) is 0 Å². The molecule has 1 aliphatic carbocycles. The standard InChI is InChI=1S/C37H25N2OP/c1-2-35-38-31-16-9-17-34-37(31)39(35)32-22-23(18-21-33(32)41(34,40)24-10-4-3-5-11-24)25-19-20-30-27-13-7-6-12-26(27)29-15-8-14-28(25)36(29)30/h3-22H,2H2,1H3. The number of hydrogen-bond donors (Lipinski definition) is 0. The minimum atomic E-state index is -3.13. The van der Waals surface area contributed by atoms with Crippen molar-refractivity contribution in [3.8, 4) is 39.1 Å². The van der Waals surface area contributed by atoms with Crippen molar-refractivity contribution in [3.05, 3.63) is 127 Å². The smallest absolute Gasteiger partial charge is 0.175 e. The van der Waals surface area contributed by atoms with Crippen LogP contribution < -0.4 is 15.9 Å². The Labute approximate surface area is 238 Å². The molecule has 2 aliphatic rings. The third-order valence-corrected chi connectivity index (χ3v) is 12.0. The first-order chi connectivity index (χ1) is 20.2. The van der Waals surface area contributed by atoms with Gasteiger partial charge in [0.1, 0.15) is 5.82 Å². The van der Waals surface area contributed by atoms with Gasteiger partial charge in [0.05, 0.1) is 16.7 Å². The van der Waals surface area contributed by atoms with Gasteiger partial charge >= 0.3 is 0 Å². The number of nitrogens with zero attached hydrogens (tertiary/aromatic N) is 2. The van der Waals surface area contributed by atoms with Crippen LogP contribution in [0.1, 0.15) is 12.7 Å². The Hall–Kier alpha value is -4.72. The predicted molar refractivity (Wildman–Crippen MR) is 171 cm³/mol. The van der Waals surface area contributed by atoms with Crippen molar-refractivity contribution in [2.24, 2.45) is 0 Å². The molecule has 1 aliphatic heterocycles.